The number of nitrogens with one attached hydrogen (secondary N) is 1. The smallest absolute Gasteiger partial charge is 0.233 e. The van der Waals surface area contributed by atoms with Gasteiger partial charge in [-0.3, -0.25) is 10.2 Å². The molecule has 0 aliphatic rings. The topological polar surface area (TPSA) is 90.4 Å². The van der Waals surface area contributed by atoms with Crippen molar-refractivity contribution in [3.8, 4) is 5.75 Å². The van der Waals surface area contributed by atoms with E-state index in [1.54, 1.807) is 11.8 Å². The zero-order valence-electron chi connectivity index (χ0n) is 11.9. The molecule has 0 fully saturated rings. The van der Waals surface area contributed by atoms with Gasteiger partial charge in [0, 0.05) is 17.0 Å². The minimum Gasteiger partial charge on any atom is -0.494 e. The predicted octanol–water partition coefficient (Wildman–Crippen LogP) is 2.31. The van der Waals surface area contributed by atoms with Gasteiger partial charge in [-0.2, -0.15) is 0 Å². The molecule has 0 heterocycles. The Balaban J connectivity index is 2.27. The minimum absolute atomic E-state index is 0.105. The first-order chi connectivity index (χ1) is 9.67. The number of anilines is 1. The second kappa shape index (κ2) is 9.50. The Bertz CT molecular complexity index is 427. The number of rotatable bonds is 9. The van der Waals surface area contributed by atoms with Crippen molar-refractivity contribution in [3.63, 3.8) is 0 Å². The highest BCUT2D eigenvalue weighted by Gasteiger charge is 2.03. The average Bonchev–Trinajstić information content (AvgIpc) is 2.45. The Morgan fingerprint density at radius 2 is 2.15 bits per heavy atom. The maximum atomic E-state index is 10.9. The zero-order valence-corrected chi connectivity index (χ0v) is 12.7. The Labute approximate surface area is 124 Å². The molecule has 0 aliphatic carbocycles. The molecule has 1 rings (SSSR count). The van der Waals surface area contributed by atoms with Crippen LogP contribution in [0.4, 0.5) is 5.69 Å². The SMILES string of the molecule is CCOc1ccc(N)c(SCCCCCC(=O)NN)c1. The number of hydrogen-bond donors (Lipinski definition) is 3. The fraction of sp³-hybridized carbons (Fsp3) is 0.500. The minimum atomic E-state index is -0.105. The predicted molar refractivity (Wildman–Crippen MR) is 83.5 cm³/mol. The van der Waals surface area contributed by atoms with Crippen LogP contribution < -0.4 is 21.7 Å². The fourth-order valence-electron chi connectivity index (χ4n) is 1.71. The van der Waals surface area contributed by atoms with Crippen molar-refractivity contribution in [2.45, 2.75) is 37.5 Å². The van der Waals surface area contributed by atoms with Crippen LogP contribution in [-0.4, -0.2) is 18.3 Å². The summed E-state index contributed by atoms with van der Waals surface area (Å²) in [5.41, 5.74) is 8.85. The Morgan fingerprint density at radius 3 is 2.85 bits per heavy atom. The molecule has 0 radical (unpaired) electrons. The summed E-state index contributed by atoms with van der Waals surface area (Å²) in [6, 6.07) is 5.73. The van der Waals surface area contributed by atoms with Crippen molar-refractivity contribution >= 4 is 23.4 Å². The maximum Gasteiger partial charge on any atom is 0.233 e. The number of carbonyl (C=O) groups is 1. The third kappa shape index (κ3) is 6.16. The number of unbranched alkanes of at least 4 members (excludes halogenated alkanes) is 2. The number of thioether (sulfide) groups is 1. The van der Waals surface area contributed by atoms with Crippen LogP contribution in [0, 0.1) is 0 Å². The van der Waals surface area contributed by atoms with Crippen molar-refractivity contribution in [1.29, 1.82) is 0 Å². The number of carbonyl (C=O) groups excluding carboxylic acids is 1. The highest BCUT2D eigenvalue weighted by molar-refractivity contribution is 7.99. The molecule has 1 aromatic carbocycles. The lowest BCUT2D eigenvalue weighted by molar-refractivity contribution is -0.121. The normalized spacial score (nSPS) is 10.3. The summed E-state index contributed by atoms with van der Waals surface area (Å²) in [6.45, 7) is 2.61. The molecule has 0 aromatic heterocycles. The van der Waals surface area contributed by atoms with E-state index in [0.29, 0.717) is 13.0 Å². The Kier molecular flexibility index (Phi) is 7.91. The van der Waals surface area contributed by atoms with Crippen LogP contribution in [-0.2, 0) is 4.79 Å². The van der Waals surface area contributed by atoms with E-state index in [0.717, 1.165) is 41.3 Å². The molecule has 0 aliphatic heterocycles. The molecule has 112 valence electrons. The highest BCUT2D eigenvalue weighted by atomic mass is 32.2. The second-order valence-electron chi connectivity index (χ2n) is 4.36. The standard InChI is InChI=1S/C14H23N3O2S/c1-2-19-11-7-8-12(15)13(10-11)20-9-5-3-4-6-14(18)17-16/h7-8,10H,2-6,9,15-16H2,1H3,(H,17,18). The van der Waals surface area contributed by atoms with Crippen LogP contribution >= 0.6 is 11.8 Å². The van der Waals surface area contributed by atoms with Crippen molar-refractivity contribution in [3.05, 3.63) is 18.2 Å². The lowest BCUT2D eigenvalue weighted by Crippen LogP contribution is -2.29. The van der Waals surface area contributed by atoms with Crippen LogP contribution in [0.1, 0.15) is 32.6 Å². The van der Waals surface area contributed by atoms with Crippen LogP contribution in [0.2, 0.25) is 0 Å². The molecule has 5 N–H and O–H groups in total. The van der Waals surface area contributed by atoms with Crippen LogP contribution in [0.25, 0.3) is 0 Å². The van der Waals surface area contributed by atoms with E-state index < -0.39 is 0 Å². The quantitative estimate of drug-likeness (QED) is 0.162. The van der Waals surface area contributed by atoms with E-state index >= 15 is 0 Å². The summed E-state index contributed by atoms with van der Waals surface area (Å²) in [5.74, 6) is 6.74. The summed E-state index contributed by atoms with van der Waals surface area (Å²) >= 11 is 1.72. The molecule has 0 saturated carbocycles. The number of benzene rings is 1. The highest BCUT2D eigenvalue weighted by Crippen LogP contribution is 2.30. The number of nitrogen functional groups attached to an aromatic ring is 1. The van der Waals surface area contributed by atoms with Gasteiger partial charge in [-0.1, -0.05) is 6.42 Å². The van der Waals surface area contributed by atoms with Gasteiger partial charge in [-0.25, -0.2) is 5.84 Å². The van der Waals surface area contributed by atoms with Crippen LogP contribution in [0.5, 0.6) is 5.75 Å². The van der Waals surface area contributed by atoms with Crippen LogP contribution in [0.15, 0.2) is 23.1 Å². The summed E-state index contributed by atoms with van der Waals surface area (Å²) in [4.78, 5) is 12.0. The lowest BCUT2D eigenvalue weighted by atomic mass is 10.2. The average molecular weight is 297 g/mol. The van der Waals surface area contributed by atoms with E-state index in [4.69, 9.17) is 16.3 Å². The fourth-order valence-corrected chi connectivity index (χ4v) is 2.72. The summed E-state index contributed by atoms with van der Waals surface area (Å²) in [5, 5.41) is 0. The summed E-state index contributed by atoms with van der Waals surface area (Å²) in [7, 11) is 0. The maximum absolute atomic E-state index is 10.9. The first-order valence-corrected chi connectivity index (χ1v) is 7.80. The molecular weight excluding hydrogens is 274 g/mol. The van der Waals surface area contributed by atoms with Gasteiger partial charge in [0.15, 0.2) is 0 Å². The number of hydrazine groups is 1. The lowest BCUT2D eigenvalue weighted by Gasteiger charge is -2.09. The Morgan fingerprint density at radius 1 is 1.35 bits per heavy atom. The van der Waals surface area contributed by atoms with Crippen molar-refractivity contribution in [1.82, 2.24) is 5.43 Å². The number of ether oxygens (including phenoxy) is 1. The van der Waals surface area contributed by atoms with E-state index in [2.05, 4.69) is 5.43 Å². The number of amides is 1. The molecule has 0 atom stereocenters. The zero-order chi connectivity index (χ0) is 14.8. The largest absolute Gasteiger partial charge is 0.494 e. The molecule has 20 heavy (non-hydrogen) atoms. The van der Waals surface area contributed by atoms with E-state index in [1.807, 2.05) is 25.1 Å². The van der Waals surface area contributed by atoms with E-state index in [-0.39, 0.29) is 5.91 Å². The third-order valence-corrected chi connectivity index (χ3v) is 3.92. The van der Waals surface area contributed by atoms with Crippen LogP contribution in [0.3, 0.4) is 0 Å². The number of hydrogen-bond acceptors (Lipinski definition) is 5. The molecular formula is C14H23N3O2S. The molecule has 1 amide bonds. The van der Waals surface area contributed by atoms with Gasteiger partial charge in [0.2, 0.25) is 5.91 Å². The van der Waals surface area contributed by atoms with Gasteiger partial charge >= 0.3 is 0 Å². The molecule has 0 unspecified atom stereocenters. The van der Waals surface area contributed by atoms with Gasteiger partial charge in [0.1, 0.15) is 5.75 Å². The summed E-state index contributed by atoms with van der Waals surface area (Å²) in [6.07, 6.45) is 3.40. The first kappa shape index (κ1) is 16.7. The van der Waals surface area contributed by atoms with Crippen molar-refractivity contribution < 1.29 is 9.53 Å². The Hall–Kier alpha value is -1.40. The number of nitrogens with two attached hydrogens (primary N) is 2. The van der Waals surface area contributed by atoms with E-state index in [1.165, 1.54) is 0 Å². The van der Waals surface area contributed by atoms with Gasteiger partial charge in [0.05, 0.1) is 6.61 Å². The molecule has 0 saturated heterocycles. The molecule has 6 heteroatoms. The van der Waals surface area contributed by atoms with Gasteiger partial charge in [-0.15, -0.1) is 11.8 Å². The first-order valence-electron chi connectivity index (χ1n) is 6.82. The monoisotopic (exact) mass is 297 g/mol. The molecule has 1 aromatic rings. The molecule has 5 nitrogen and oxygen atoms in total. The summed E-state index contributed by atoms with van der Waals surface area (Å²) < 4.78 is 5.46. The third-order valence-electron chi connectivity index (χ3n) is 2.76. The van der Waals surface area contributed by atoms with Gasteiger partial charge in [-0.05, 0) is 43.7 Å². The second-order valence-corrected chi connectivity index (χ2v) is 5.50. The molecule has 0 bridgehead atoms. The molecule has 0 spiro atoms. The van der Waals surface area contributed by atoms with Crippen molar-refractivity contribution in [2.24, 2.45) is 5.84 Å². The van der Waals surface area contributed by atoms with E-state index in [9.17, 15) is 4.79 Å². The van der Waals surface area contributed by atoms with Crippen molar-refractivity contribution in [2.75, 3.05) is 18.1 Å². The van der Waals surface area contributed by atoms with Gasteiger partial charge < -0.3 is 10.5 Å². The van der Waals surface area contributed by atoms with Gasteiger partial charge in [0.25, 0.3) is 0 Å².